The molecule has 0 aliphatic heterocycles. The minimum absolute atomic E-state index is 0.973. The van der Waals surface area contributed by atoms with Crippen LogP contribution in [-0.4, -0.2) is 14.5 Å². The van der Waals surface area contributed by atoms with E-state index in [1.807, 2.05) is 12.5 Å². The van der Waals surface area contributed by atoms with Crippen LogP contribution < -0.4 is 0 Å². The predicted molar refractivity (Wildman–Crippen MR) is 70.4 cm³/mol. The van der Waals surface area contributed by atoms with Gasteiger partial charge in [-0.2, -0.15) is 0 Å². The first kappa shape index (κ1) is 11.0. The molecule has 4 heteroatoms. The molecule has 17 heavy (non-hydrogen) atoms. The molecule has 0 bridgehead atoms. The van der Waals surface area contributed by atoms with Crippen LogP contribution in [0.3, 0.4) is 0 Å². The second kappa shape index (κ2) is 4.26. The summed E-state index contributed by atoms with van der Waals surface area (Å²) in [6, 6.07) is 2.10. The Morgan fingerprint density at radius 3 is 2.88 bits per heavy atom. The number of aryl methyl sites for hydroxylation is 2. The maximum Gasteiger partial charge on any atom is 0.138 e. The Kier molecular flexibility index (Phi) is 2.74. The van der Waals surface area contributed by atoms with Gasteiger partial charge in [0.1, 0.15) is 12.1 Å². The fourth-order valence-electron chi connectivity index (χ4n) is 2.32. The Labute approximate surface area is 109 Å². The molecule has 0 aromatic carbocycles. The summed E-state index contributed by atoms with van der Waals surface area (Å²) < 4.78 is 3.18. The SMILES string of the molecule is Cc1cc(-n2cnc3c2CCCC3)ncc1Br. The van der Waals surface area contributed by atoms with Gasteiger partial charge in [-0.25, -0.2) is 9.97 Å². The normalized spacial score (nSPS) is 14.7. The quantitative estimate of drug-likeness (QED) is 0.808. The average molecular weight is 292 g/mol. The standard InChI is InChI=1S/C13H14BrN3/c1-9-6-13(15-7-10(9)14)17-8-16-11-4-2-3-5-12(11)17/h6-8H,2-5H2,1H3. The van der Waals surface area contributed by atoms with Crippen molar-refractivity contribution < 1.29 is 0 Å². The number of halogens is 1. The molecule has 0 atom stereocenters. The zero-order valence-corrected chi connectivity index (χ0v) is 11.4. The third-order valence-corrected chi connectivity index (χ3v) is 4.14. The summed E-state index contributed by atoms with van der Waals surface area (Å²) in [7, 11) is 0. The molecule has 2 heterocycles. The second-order valence-electron chi connectivity index (χ2n) is 4.51. The zero-order valence-electron chi connectivity index (χ0n) is 9.78. The van der Waals surface area contributed by atoms with Gasteiger partial charge in [-0.3, -0.25) is 4.57 Å². The molecule has 0 unspecified atom stereocenters. The Bertz CT molecular complexity index is 560. The lowest BCUT2D eigenvalue weighted by atomic mass is 10.0. The zero-order chi connectivity index (χ0) is 11.8. The lowest BCUT2D eigenvalue weighted by molar-refractivity contribution is 0.654. The van der Waals surface area contributed by atoms with E-state index in [0.717, 1.165) is 23.1 Å². The smallest absolute Gasteiger partial charge is 0.138 e. The van der Waals surface area contributed by atoms with Crippen molar-refractivity contribution in [3.05, 3.63) is 40.0 Å². The maximum absolute atomic E-state index is 4.50. The molecule has 0 spiro atoms. The van der Waals surface area contributed by atoms with Gasteiger partial charge >= 0.3 is 0 Å². The highest BCUT2D eigenvalue weighted by atomic mass is 79.9. The fraction of sp³-hybridized carbons (Fsp3) is 0.385. The van der Waals surface area contributed by atoms with Crippen molar-refractivity contribution in [2.75, 3.05) is 0 Å². The van der Waals surface area contributed by atoms with Crippen LogP contribution in [0, 0.1) is 6.92 Å². The topological polar surface area (TPSA) is 30.7 Å². The van der Waals surface area contributed by atoms with Crippen LogP contribution in [0.25, 0.3) is 5.82 Å². The van der Waals surface area contributed by atoms with Gasteiger partial charge in [0.15, 0.2) is 0 Å². The Morgan fingerprint density at radius 1 is 1.24 bits per heavy atom. The number of nitrogens with zero attached hydrogens (tertiary/aromatic N) is 3. The Hall–Kier alpha value is -1.16. The average Bonchev–Trinajstić information content (AvgIpc) is 2.76. The van der Waals surface area contributed by atoms with E-state index < -0.39 is 0 Å². The summed E-state index contributed by atoms with van der Waals surface area (Å²) >= 11 is 3.48. The van der Waals surface area contributed by atoms with Crippen molar-refractivity contribution in [3.63, 3.8) is 0 Å². The number of hydrogen-bond acceptors (Lipinski definition) is 2. The summed E-state index contributed by atoms with van der Waals surface area (Å²) in [5, 5.41) is 0. The van der Waals surface area contributed by atoms with E-state index in [0.29, 0.717) is 0 Å². The molecule has 0 saturated heterocycles. The number of hydrogen-bond donors (Lipinski definition) is 0. The van der Waals surface area contributed by atoms with Crippen molar-refractivity contribution >= 4 is 15.9 Å². The van der Waals surface area contributed by atoms with Gasteiger partial charge in [-0.05, 0) is 60.2 Å². The number of fused-ring (bicyclic) bond motifs is 1. The number of imidazole rings is 1. The molecular formula is C13H14BrN3. The summed E-state index contributed by atoms with van der Waals surface area (Å²) in [6.07, 6.45) is 8.51. The third kappa shape index (κ3) is 1.90. The van der Waals surface area contributed by atoms with Gasteiger partial charge in [0.2, 0.25) is 0 Å². The van der Waals surface area contributed by atoms with Crippen molar-refractivity contribution in [1.29, 1.82) is 0 Å². The van der Waals surface area contributed by atoms with Crippen molar-refractivity contribution in [2.45, 2.75) is 32.6 Å². The molecular weight excluding hydrogens is 278 g/mol. The van der Waals surface area contributed by atoms with Crippen LogP contribution >= 0.6 is 15.9 Å². The van der Waals surface area contributed by atoms with Crippen LogP contribution in [0.15, 0.2) is 23.1 Å². The summed E-state index contributed by atoms with van der Waals surface area (Å²) in [6.45, 7) is 2.08. The van der Waals surface area contributed by atoms with E-state index in [9.17, 15) is 0 Å². The van der Waals surface area contributed by atoms with E-state index in [4.69, 9.17) is 0 Å². The second-order valence-corrected chi connectivity index (χ2v) is 5.36. The molecule has 1 aliphatic carbocycles. The molecule has 2 aromatic heterocycles. The highest BCUT2D eigenvalue weighted by Crippen LogP contribution is 2.24. The maximum atomic E-state index is 4.50. The van der Waals surface area contributed by atoms with Crippen LogP contribution in [0.5, 0.6) is 0 Å². The molecule has 3 rings (SSSR count). The van der Waals surface area contributed by atoms with E-state index in [1.54, 1.807) is 0 Å². The van der Waals surface area contributed by atoms with Crippen LogP contribution in [0.4, 0.5) is 0 Å². The summed E-state index contributed by atoms with van der Waals surface area (Å²) in [5.41, 5.74) is 3.79. The Morgan fingerprint density at radius 2 is 2.06 bits per heavy atom. The van der Waals surface area contributed by atoms with E-state index in [2.05, 4.69) is 43.5 Å². The molecule has 88 valence electrons. The van der Waals surface area contributed by atoms with E-state index >= 15 is 0 Å². The highest BCUT2D eigenvalue weighted by molar-refractivity contribution is 9.10. The van der Waals surface area contributed by atoms with Gasteiger partial charge in [0.25, 0.3) is 0 Å². The molecule has 0 amide bonds. The lowest BCUT2D eigenvalue weighted by Gasteiger charge is -2.13. The molecule has 0 radical (unpaired) electrons. The van der Waals surface area contributed by atoms with Gasteiger partial charge in [-0.15, -0.1) is 0 Å². The largest absolute Gasteiger partial charge is 0.287 e. The monoisotopic (exact) mass is 291 g/mol. The molecule has 1 aliphatic rings. The van der Waals surface area contributed by atoms with E-state index in [-0.39, 0.29) is 0 Å². The molecule has 2 aromatic rings. The minimum atomic E-state index is 0.973. The lowest BCUT2D eigenvalue weighted by Crippen LogP contribution is -2.08. The number of pyridine rings is 1. The van der Waals surface area contributed by atoms with Gasteiger partial charge in [0.05, 0.1) is 5.69 Å². The van der Waals surface area contributed by atoms with Crippen molar-refractivity contribution in [1.82, 2.24) is 14.5 Å². The first-order valence-corrected chi connectivity index (χ1v) is 6.72. The predicted octanol–water partition coefficient (Wildman–Crippen LogP) is 3.22. The first-order valence-electron chi connectivity index (χ1n) is 5.93. The fourth-order valence-corrected chi connectivity index (χ4v) is 2.54. The Balaban J connectivity index is 2.09. The minimum Gasteiger partial charge on any atom is -0.287 e. The van der Waals surface area contributed by atoms with Crippen LogP contribution in [-0.2, 0) is 12.8 Å². The summed E-state index contributed by atoms with van der Waals surface area (Å²) in [5.74, 6) is 0.973. The molecule has 0 N–H and O–H groups in total. The van der Waals surface area contributed by atoms with Crippen molar-refractivity contribution in [3.8, 4) is 5.82 Å². The van der Waals surface area contributed by atoms with Gasteiger partial charge in [-0.1, -0.05) is 0 Å². The molecule has 0 saturated carbocycles. The van der Waals surface area contributed by atoms with Gasteiger partial charge in [0, 0.05) is 16.4 Å². The van der Waals surface area contributed by atoms with Crippen molar-refractivity contribution in [2.24, 2.45) is 0 Å². The first-order chi connectivity index (χ1) is 8.25. The van der Waals surface area contributed by atoms with Crippen LogP contribution in [0.1, 0.15) is 29.8 Å². The summed E-state index contributed by atoms with van der Waals surface area (Å²) in [4.78, 5) is 8.96. The van der Waals surface area contributed by atoms with E-state index in [1.165, 1.54) is 29.8 Å². The molecule has 0 fully saturated rings. The molecule has 3 nitrogen and oxygen atoms in total. The van der Waals surface area contributed by atoms with Gasteiger partial charge < -0.3 is 0 Å². The van der Waals surface area contributed by atoms with Crippen LogP contribution in [0.2, 0.25) is 0 Å². The number of aromatic nitrogens is 3. The highest BCUT2D eigenvalue weighted by Gasteiger charge is 2.16. The third-order valence-electron chi connectivity index (χ3n) is 3.31. The number of rotatable bonds is 1.